The molecule has 2 N–H and O–H groups in total. The number of likely N-dealkylation sites (N-methyl/N-ethyl adjacent to an activating group) is 1. The molecule has 1 aliphatic heterocycles. The summed E-state index contributed by atoms with van der Waals surface area (Å²) in [5.74, 6) is -1.74. The summed E-state index contributed by atoms with van der Waals surface area (Å²) in [6.45, 7) is 9.65. The van der Waals surface area contributed by atoms with Gasteiger partial charge in [-0.25, -0.2) is 0 Å². The first kappa shape index (κ1) is 28.3. The number of carbonyl (C=O) groups excluding carboxylic acids is 4. The van der Waals surface area contributed by atoms with Gasteiger partial charge in [-0.3, -0.25) is 28.6 Å². The zero-order chi connectivity index (χ0) is 24.5. The van der Waals surface area contributed by atoms with E-state index in [1.54, 1.807) is 6.92 Å². The summed E-state index contributed by atoms with van der Waals surface area (Å²) < 4.78 is 19.3. The monoisotopic (exact) mass is 473 g/mol. The Kier molecular flexibility index (Phi) is 11.6. The van der Waals surface area contributed by atoms with Crippen LogP contribution in [-0.2, 0) is 28.3 Å². The van der Waals surface area contributed by atoms with Crippen LogP contribution in [0.2, 0.25) is 0 Å². The molecule has 2 unspecified atom stereocenters. The van der Waals surface area contributed by atoms with Crippen molar-refractivity contribution in [1.29, 1.82) is 0 Å². The summed E-state index contributed by atoms with van der Waals surface area (Å²) in [6, 6.07) is -0.695. The number of nitrogens with zero attached hydrogens (tertiary/aromatic N) is 1. The van der Waals surface area contributed by atoms with Gasteiger partial charge >= 0.3 is 0 Å². The van der Waals surface area contributed by atoms with Gasteiger partial charge in [0.05, 0.1) is 6.61 Å². The van der Waals surface area contributed by atoms with Gasteiger partial charge in [0.15, 0.2) is 0 Å². The van der Waals surface area contributed by atoms with E-state index in [-0.39, 0.29) is 67.4 Å². The fourth-order valence-corrected chi connectivity index (χ4v) is 6.40. The normalized spacial score (nSPS) is 18.4. The van der Waals surface area contributed by atoms with Crippen molar-refractivity contribution < 1.29 is 28.3 Å². The molecule has 0 aliphatic carbocycles. The highest BCUT2D eigenvalue weighted by Gasteiger charge is 2.38. The molecular weight excluding hydrogens is 433 g/mol. The third-order valence-corrected chi connectivity index (χ3v) is 7.76. The number of rotatable bonds is 13. The lowest BCUT2D eigenvalue weighted by Gasteiger charge is -2.31. The van der Waals surface area contributed by atoms with Gasteiger partial charge in [0.25, 0.3) is 0 Å². The maximum absolute atomic E-state index is 13.7. The lowest BCUT2D eigenvalue weighted by Crippen LogP contribution is -2.49. The summed E-state index contributed by atoms with van der Waals surface area (Å²) in [6.07, 6.45) is 1.46. The van der Waals surface area contributed by atoms with E-state index in [0.29, 0.717) is 19.3 Å². The Balaban J connectivity index is 3.09. The molecule has 0 spiro atoms. The van der Waals surface area contributed by atoms with Crippen molar-refractivity contribution in [1.82, 2.24) is 15.5 Å². The average molecular weight is 474 g/mol. The van der Waals surface area contributed by atoms with Gasteiger partial charge < -0.3 is 15.2 Å². The van der Waals surface area contributed by atoms with E-state index in [2.05, 4.69) is 10.6 Å². The Morgan fingerprint density at radius 2 is 1.59 bits per heavy atom. The van der Waals surface area contributed by atoms with Gasteiger partial charge in [-0.1, -0.05) is 27.7 Å². The highest BCUT2D eigenvalue weighted by atomic mass is 31.2. The molecule has 0 aromatic rings. The van der Waals surface area contributed by atoms with Crippen LogP contribution < -0.4 is 10.6 Å². The number of imide groups is 1. The van der Waals surface area contributed by atoms with Crippen molar-refractivity contribution in [2.45, 2.75) is 72.8 Å². The fraction of sp³-hybridized carbons (Fsp3) is 0.818. The molecule has 1 heterocycles. The topological polar surface area (TPSA) is 122 Å². The van der Waals surface area contributed by atoms with Crippen LogP contribution in [0.3, 0.4) is 0 Å². The van der Waals surface area contributed by atoms with Crippen LogP contribution >= 0.6 is 7.37 Å². The molecule has 1 saturated heterocycles. The Hall–Kier alpha value is -1.73. The van der Waals surface area contributed by atoms with Crippen LogP contribution in [0, 0.1) is 17.8 Å². The standard InChI is InChI=1S/C22H40N3O6P/c1-7-31-32(30,14-25-19(26)9-8-10-20(25)27)13-17(11-15(2)3)21(28)24-18(12-16(4)5)22(29)23-6/h15-18H,7-14H2,1-6H3,(H,23,29)(H,24,28)/t17?,18-,32?/m0/s1. The van der Waals surface area contributed by atoms with Crippen molar-refractivity contribution in [3.63, 3.8) is 0 Å². The molecule has 10 heteroatoms. The first-order chi connectivity index (χ1) is 14.9. The van der Waals surface area contributed by atoms with E-state index in [1.807, 2.05) is 27.7 Å². The van der Waals surface area contributed by atoms with E-state index in [1.165, 1.54) is 7.05 Å². The molecule has 4 amide bonds. The molecule has 1 fully saturated rings. The SMILES string of the molecule is CCOP(=O)(CC(CC(C)C)C(=O)N[C@@H](CC(C)C)C(=O)NC)CN1C(=O)CCCC1=O. The summed E-state index contributed by atoms with van der Waals surface area (Å²) in [5.41, 5.74) is 0. The largest absolute Gasteiger partial charge is 0.357 e. The van der Waals surface area contributed by atoms with Gasteiger partial charge in [-0.2, -0.15) is 0 Å². The third kappa shape index (κ3) is 9.02. The van der Waals surface area contributed by atoms with Crippen molar-refractivity contribution in [3.8, 4) is 0 Å². The van der Waals surface area contributed by atoms with Crippen LogP contribution in [0.1, 0.15) is 66.7 Å². The molecule has 0 aromatic heterocycles. The molecule has 0 saturated carbocycles. The van der Waals surface area contributed by atoms with Crippen molar-refractivity contribution in [2.75, 3.05) is 26.1 Å². The number of hydrogen-bond donors (Lipinski definition) is 2. The van der Waals surface area contributed by atoms with Gasteiger partial charge in [0, 0.05) is 32.0 Å². The molecule has 0 radical (unpaired) electrons. The lowest BCUT2D eigenvalue weighted by atomic mass is 9.96. The first-order valence-corrected chi connectivity index (χ1v) is 13.5. The lowest BCUT2D eigenvalue weighted by molar-refractivity contribution is -0.146. The number of hydrogen-bond acceptors (Lipinski definition) is 6. The second-order valence-corrected chi connectivity index (χ2v) is 11.8. The molecule has 0 bridgehead atoms. The molecule has 184 valence electrons. The number of amides is 4. The van der Waals surface area contributed by atoms with Gasteiger partial charge in [0.2, 0.25) is 31.0 Å². The minimum atomic E-state index is -3.51. The summed E-state index contributed by atoms with van der Waals surface area (Å²) in [7, 11) is -1.99. The van der Waals surface area contributed by atoms with Crippen LogP contribution in [0.5, 0.6) is 0 Å². The van der Waals surface area contributed by atoms with E-state index in [4.69, 9.17) is 4.52 Å². The Morgan fingerprint density at radius 1 is 1.03 bits per heavy atom. The molecule has 32 heavy (non-hydrogen) atoms. The van der Waals surface area contributed by atoms with E-state index >= 15 is 0 Å². The predicted octanol–water partition coefficient (Wildman–Crippen LogP) is 2.74. The average Bonchev–Trinajstić information content (AvgIpc) is 2.68. The highest BCUT2D eigenvalue weighted by molar-refractivity contribution is 7.59. The minimum Gasteiger partial charge on any atom is -0.357 e. The predicted molar refractivity (Wildman–Crippen MR) is 123 cm³/mol. The molecule has 0 aromatic carbocycles. The van der Waals surface area contributed by atoms with Crippen LogP contribution in [0.15, 0.2) is 0 Å². The molecular formula is C22H40N3O6P. The third-order valence-electron chi connectivity index (χ3n) is 5.32. The van der Waals surface area contributed by atoms with E-state index < -0.39 is 19.3 Å². The van der Waals surface area contributed by atoms with Crippen LogP contribution in [-0.4, -0.2) is 60.7 Å². The quantitative estimate of drug-likeness (QED) is 0.313. The Labute approximate surface area is 191 Å². The van der Waals surface area contributed by atoms with Crippen molar-refractivity contribution >= 4 is 31.0 Å². The number of carbonyl (C=O) groups is 4. The van der Waals surface area contributed by atoms with Crippen molar-refractivity contribution in [2.24, 2.45) is 17.8 Å². The molecule has 3 atom stereocenters. The maximum Gasteiger partial charge on any atom is 0.242 e. The number of likely N-dealkylation sites (tertiary alicyclic amines) is 1. The highest BCUT2D eigenvalue weighted by Crippen LogP contribution is 2.50. The summed E-state index contributed by atoms with van der Waals surface area (Å²) in [5, 5.41) is 5.39. The summed E-state index contributed by atoms with van der Waals surface area (Å²) >= 11 is 0. The van der Waals surface area contributed by atoms with Gasteiger partial charge in [-0.15, -0.1) is 0 Å². The van der Waals surface area contributed by atoms with E-state index in [9.17, 15) is 23.7 Å². The molecule has 1 aliphatic rings. The van der Waals surface area contributed by atoms with Crippen LogP contribution in [0.25, 0.3) is 0 Å². The van der Waals surface area contributed by atoms with Gasteiger partial charge in [-0.05, 0) is 38.0 Å². The first-order valence-electron chi connectivity index (χ1n) is 11.5. The van der Waals surface area contributed by atoms with Crippen molar-refractivity contribution in [3.05, 3.63) is 0 Å². The number of piperidine rings is 1. The second-order valence-electron chi connectivity index (χ2n) is 9.26. The fourth-order valence-electron chi connectivity index (χ4n) is 3.90. The Morgan fingerprint density at radius 3 is 2.06 bits per heavy atom. The smallest absolute Gasteiger partial charge is 0.242 e. The van der Waals surface area contributed by atoms with Crippen LogP contribution in [0.4, 0.5) is 0 Å². The molecule has 9 nitrogen and oxygen atoms in total. The minimum absolute atomic E-state index is 0.0932. The zero-order valence-corrected chi connectivity index (χ0v) is 21.2. The van der Waals surface area contributed by atoms with E-state index in [0.717, 1.165) is 4.90 Å². The summed E-state index contributed by atoms with van der Waals surface area (Å²) in [4.78, 5) is 51.0. The number of nitrogens with one attached hydrogen (secondary N) is 2. The zero-order valence-electron chi connectivity index (χ0n) is 20.3. The Bertz CT molecular complexity index is 708. The van der Waals surface area contributed by atoms with Gasteiger partial charge in [0.1, 0.15) is 12.3 Å². The second kappa shape index (κ2) is 13.1. The molecule has 1 rings (SSSR count). The maximum atomic E-state index is 13.7.